The summed E-state index contributed by atoms with van der Waals surface area (Å²) in [7, 11) is 2.87. The summed E-state index contributed by atoms with van der Waals surface area (Å²) in [5.41, 5.74) is -0.308. The van der Waals surface area contributed by atoms with Gasteiger partial charge in [-0.3, -0.25) is 18.8 Å². The number of halogens is 7. The highest BCUT2D eigenvalue weighted by atomic mass is 35.5. The average molecular weight is 790 g/mol. The van der Waals surface area contributed by atoms with Gasteiger partial charge in [-0.15, -0.1) is 0 Å². The second-order valence-electron chi connectivity index (χ2n) is 11.8. The van der Waals surface area contributed by atoms with Crippen molar-refractivity contribution in [3.8, 4) is 45.5 Å². The molecule has 0 fully saturated rings. The van der Waals surface area contributed by atoms with Crippen LogP contribution in [0, 0.1) is 0 Å². The van der Waals surface area contributed by atoms with E-state index >= 15 is 0 Å². The molecule has 0 aliphatic heterocycles. The standard InChI is InChI=1S/C19H12ClF3N4O.C19H14F3N5O/c1-28-13-6-7-16-26-18(19(21,22)23)17(27(16)10-13)15-9-24-8-14(25-15)11-2-4-12(20)5-3-11;1-28-13-7-8-16-26-18(19(20,21)22)17(27(16)11-13)14-9-23-10-15(25-14)24-12-5-3-2-4-6-12/h2-10H,1H3;2-11H,1H3,(H,24,25). The molecule has 6 aromatic heterocycles. The number of aromatic nitrogens is 8. The van der Waals surface area contributed by atoms with Crippen LogP contribution in [-0.4, -0.2) is 52.9 Å². The molecule has 0 bridgehead atoms. The van der Waals surface area contributed by atoms with Crippen LogP contribution in [0.25, 0.3) is 45.3 Å². The molecule has 0 aliphatic rings. The summed E-state index contributed by atoms with van der Waals surface area (Å²) in [6.45, 7) is 0. The topological polar surface area (TPSA) is 117 Å². The van der Waals surface area contributed by atoms with Crippen LogP contribution in [0.3, 0.4) is 0 Å². The van der Waals surface area contributed by atoms with Crippen LogP contribution < -0.4 is 14.8 Å². The minimum absolute atomic E-state index is 0.0361. The van der Waals surface area contributed by atoms with E-state index < -0.39 is 23.7 Å². The molecule has 284 valence electrons. The van der Waals surface area contributed by atoms with Crippen molar-refractivity contribution in [1.82, 2.24) is 38.7 Å². The Morgan fingerprint density at radius 3 is 1.59 bits per heavy atom. The highest BCUT2D eigenvalue weighted by Crippen LogP contribution is 2.39. The number of pyridine rings is 2. The van der Waals surface area contributed by atoms with Gasteiger partial charge in [0.15, 0.2) is 11.4 Å². The molecule has 8 rings (SSSR count). The monoisotopic (exact) mass is 789 g/mol. The van der Waals surface area contributed by atoms with Crippen molar-refractivity contribution >= 4 is 34.4 Å². The van der Waals surface area contributed by atoms with Crippen molar-refractivity contribution in [2.75, 3.05) is 19.5 Å². The first-order valence-electron chi connectivity index (χ1n) is 16.3. The second kappa shape index (κ2) is 15.2. The molecule has 56 heavy (non-hydrogen) atoms. The number of nitrogens with one attached hydrogen (secondary N) is 1. The molecule has 2 aromatic carbocycles. The average Bonchev–Trinajstić information content (AvgIpc) is 3.78. The molecule has 1 N–H and O–H groups in total. The Bertz CT molecular complexity index is 2650. The molecule has 0 unspecified atom stereocenters. The van der Waals surface area contributed by atoms with Crippen molar-refractivity contribution in [3.63, 3.8) is 0 Å². The minimum Gasteiger partial charge on any atom is -0.495 e. The van der Waals surface area contributed by atoms with E-state index in [0.717, 1.165) is 5.69 Å². The van der Waals surface area contributed by atoms with Crippen LogP contribution in [0.2, 0.25) is 5.02 Å². The van der Waals surface area contributed by atoms with E-state index in [0.29, 0.717) is 33.6 Å². The molecule has 0 saturated heterocycles. The third-order valence-corrected chi connectivity index (χ3v) is 8.38. The maximum Gasteiger partial charge on any atom is 0.435 e. The van der Waals surface area contributed by atoms with E-state index in [2.05, 4.69) is 35.2 Å². The van der Waals surface area contributed by atoms with Gasteiger partial charge in [0.25, 0.3) is 0 Å². The molecule has 0 radical (unpaired) electrons. The maximum atomic E-state index is 13.7. The fourth-order valence-corrected chi connectivity index (χ4v) is 5.75. The SMILES string of the molecule is COc1ccc2nc(C(F)(F)F)c(-c3cncc(-c4ccc(Cl)cc4)n3)n2c1.COc1ccc2nc(C(F)(F)F)c(-c3cncc(Nc4ccccc4)n3)n2c1. The number of rotatable bonds is 7. The Kier molecular flexibility index (Phi) is 10.2. The van der Waals surface area contributed by atoms with E-state index in [1.165, 1.54) is 72.3 Å². The van der Waals surface area contributed by atoms with Gasteiger partial charge in [-0.1, -0.05) is 41.9 Å². The van der Waals surface area contributed by atoms with Crippen molar-refractivity contribution in [2.24, 2.45) is 0 Å². The fourth-order valence-electron chi connectivity index (χ4n) is 5.63. The van der Waals surface area contributed by atoms with E-state index in [1.807, 2.05) is 30.3 Å². The second-order valence-corrected chi connectivity index (χ2v) is 12.2. The Balaban J connectivity index is 0.000000172. The molecule has 0 amide bonds. The molecule has 8 aromatic rings. The first kappa shape index (κ1) is 37.6. The number of hydrogen-bond donors (Lipinski definition) is 1. The zero-order valence-corrected chi connectivity index (χ0v) is 29.8. The number of fused-ring (bicyclic) bond motifs is 2. The maximum absolute atomic E-state index is 13.7. The normalized spacial score (nSPS) is 11.7. The molecule has 18 heteroatoms. The lowest BCUT2D eigenvalue weighted by molar-refractivity contribution is -0.141. The predicted molar refractivity (Wildman–Crippen MR) is 196 cm³/mol. The van der Waals surface area contributed by atoms with Gasteiger partial charge in [-0.2, -0.15) is 26.3 Å². The molecule has 11 nitrogen and oxygen atoms in total. The quantitative estimate of drug-likeness (QED) is 0.158. The Hall–Kier alpha value is -6.75. The highest BCUT2D eigenvalue weighted by molar-refractivity contribution is 6.30. The Labute approximate surface area is 318 Å². The number of methoxy groups -OCH3 is 2. The van der Waals surface area contributed by atoms with E-state index in [-0.39, 0.29) is 34.1 Å². The molecule has 0 atom stereocenters. The summed E-state index contributed by atoms with van der Waals surface area (Å²) in [6, 6.07) is 21.9. The van der Waals surface area contributed by atoms with Crippen LogP contribution in [0.5, 0.6) is 11.5 Å². The first-order valence-corrected chi connectivity index (χ1v) is 16.7. The van der Waals surface area contributed by atoms with E-state index in [1.54, 1.807) is 36.4 Å². The van der Waals surface area contributed by atoms with Gasteiger partial charge in [-0.25, -0.2) is 19.9 Å². The molecule has 6 heterocycles. The molecular formula is C38H26ClF6N9O2. The minimum atomic E-state index is -4.66. The van der Waals surface area contributed by atoms with E-state index in [4.69, 9.17) is 21.1 Å². The van der Waals surface area contributed by atoms with Gasteiger partial charge in [0.2, 0.25) is 0 Å². The zero-order valence-electron chi connectivity index (χ0n) is 29.0. The van der Waals surface area contributed by atoms with Crippen molar-refractivity contribution in [2.45, 2.75) is 12.4 Å². The van der Waals surface area contributed by atoms with E-state index in [9.17, 15) is 26.3 Å². The fraction of sp³-hybridized carbons (Fsp3) is 0.105. The summed E-state index contributed by atoms with van der Waals surface area (Å²) in [4.78, 5) is 24.3. The zero-order chi connectivity index (χ0) is 39.6. The smallest absolute Gasteiger partial charge is 0.435 e. The summed E-state index contributed by atoms with van der Waals surface area (Å²) < 4.78 is 94.7. The van der Waals surface area contributed by atoms with Gasteiger partial charge in [0.05, 0.1) is 57.1 Å². The first-order chi connectivity index (χ1) is 26.8. The number of nitrogens with zero attached hydrogens (tertiary/aromatic N) is 8. The number of ether oxygens (including phenoxy) is 2. The van der Waals surface area contributed by atoms with Crippen LogP contribution in [0.1, 0.15) is 11.4 Å². The predicted octanol–water partition coefficient (Wildman–Crippen LogP) is 9.70. The number of imidazole rings is 2. The third kappa shape index (κ3) is 7.88. The molecule has 0 aliphatic carbocycles. The van der Waals surface area contributed by atoms with Gasteiger partial charge >= 0.3 is 12.4 Å². The molecule has 0 spiro atoms. The number of alkyl halides is 6. The van der Waals surface area contributed by atoms with Gasteiger partial charge in [0, 0.05) is 16.3 Å². The largest absolute Gasteiger partial charge is 0.495 e. The molecular weight excluding hydrogens is 764 g/mol. The summed E-state index contributed by atoms with van der Waals surface area (Å²) in [5, 5.41) is 3.57. The van der Waals surface area contributed by atoms with Crippen LogP contribution in [0.15, 0.2) is 116 Å². The molecule has 0 saturated carbocycles. The van der Waals surface area contributed by atoms with Crippen molar-refractivity contribution in [1.29, 1.82) is 0 Å². The number of para-hydroxylation sites is 1. The lowest BCUT2D eigenvalue weighted by Gasteiger charge is -2.10. The highest BCUT2D eigenvalue weighted by Gasteiger charge is 2.40. The lowest BCUT2D eigenvalue weighted by Crippen LogP contribution is -2.09. The van der Waals surface area contributed by atoms with Crippen molar-refractivity contribution in [3.05, 3.63) is 132 Å². The van der Waals surface area contributed by atoms with Gasteiger partial charge < -0.3 is 14.8 Å². The van der Waals surface area contributed by atoms with Crippen LogP contribution >= 0.6 is 11.6 Å². The summed E-state index contributed by atoms with van der Waals surface area (Å²) in [6.07, 6.45) is -0.982. The number of benzene rings is 2. The Morgan fingerprint density at radius 2 is 1.07 bits per heavy atom. The lowest BCUT2D eigenvalue weighted by atomic mass is 10.1. The van der Waals surface area contributed by atoms with Crippen LogP contribution in [-0.2, 0) is 12.4 Å². The van der Waals surface area contributed by atoms with Crippen molar-refractivity contribution < 1.29 is 35.8 Å². The number of hydrogen-bond acceptors (Lipinski definition) is 9. The number of anilines is 2. The Morgan fingerprint density at radius 1 is 0.571 bits per heavy atom. The summed E-state index contributed by atoms with van der Waals surface area (Å²) in [5.74, 6) is 1.10. The van der Waals surface area contributed by atoms with Gasteiger partial charge in [-0.05, 0) is 48.5 Å². The van der Waals surface area contributed by atoms with Gasteiger partial charge in [0.1, 0.15) is 51.4 Å². The third-order valence-electron chi connectivity index (χ3n) is 8.13. The van der Waals surface area contributed by atoms with Crippen LogP contribution in [0.4, 0.5) is 37.8 Å². The summed E-state index contributed by atoms with van der Waals surface area (Å²) >= 11 is 5.89.